The van der Waals surface area contributed by atoms with Crippen LogP contribution in [0.4, 0.5) is 10.5 Å². The van der Waals surface area contributed by atoms with E-state index in [1.807, 2.05) is 13.8 Å². The number of carbonyl (C=O) groups is 3. The molecule has 2 aromatic carbocycles. The molecule has 28 heavy (non-hydrogen) atoms. The van der Waals surface area contributed by atoms with Gasteiger partial charge in [0.05, 0.1) is 0 Å². The number of carbonyl (C=O) groups excluding carboxylic acids is 3. The van der Waals surface area contributed by atoms with Gasteiger partial charge in [0.1, 0.15) is 6.54 Å². The smallest absolute Gasteiger partial charge is 0.324 e. The fraction of sp³-hybridized carbons (Fsp3) is 0.250. The minimum Gasteiger partial charge on any atom is -0.324 e. The van der Waals surface area contributed by atoms with Crippen molar-refractivity contribution in [2.45, 2.75) is 20.8 Å². The Labute approximate surface area is 169 Å². The second-order valence-corrected chi connectivity index (χ2v) is 6.71. The van der Waals surface area contributed by atoms with Gasteiger partial charge in [-0.25, -0.2) is 10.2 Å². The predicted octanol–water partition coefficient (Wildman–Crippen LogP) is 3.27. The summed E-state index contributed by atoms with van der Waals surface area (Å²) < 4.78 is 0. The van der Waals surface area contributed by atoms with Gasteiger partial charge < -0.3 is 10.2 Å². The molecule has 0 heterocycles. The van der Waals surface area contributed by atoms with Crippen molar-refractivity contribution in [3.05, 3.63) is 64.2 Å². The van der Waals surface area contributed by atoms with Crippen LogP contribution in [0.3, 0.4) is 0 Å². The van der Waals surface area contributed by atoms with Crippen LogP contribution in [0.15, 0.2) is 42.5 Å². The van der Waals surface area contributed by atoms with E-state index in [2.05, 4.69) is 16.2 Å². The SMILES string of the molecule is CCN(CC(=O)Nc1cc(Cl)ccc1C)C(=O)NNC(=O)c1ccc(C)cc1. The van der Waals surface area contributed by atoms with Crippen LogP contribution in [0.25, 0.3) is 0 Å². The van der Waals surface area contributed by atoms with Crippen molar-refractivity contribution in [3.8, 4) is 0 Å². The molecule has 2 rings (SSSR count). The number of halogens is 1. The molecule has 0 aromatic heterocycles. The van der Waals surface area contributed by atoms with E-state index in [-0.39, 0.29) is 19.0 Å². The summed E-state index contributed by atoms with van der Waals surface area (Å²) in [5.74, 6) is -0.810. The van der Waals surface area contributed by atoms with Crippen LogP contribution in [0.1, 0.15) is 28.4 Å². The normalized spacial score (nSPS) is 10.1. The van der Waals surface area contributed by atoms with Gasteiger partial charge in [0.15, 0.2) is 0 Å². The summed E-state index contributed by atoms with van der Waals surface area (Å²) in [6.45, 7) is 5.61. The Morgan fingerprint density at radius 3 is 2.32 bits per heavy atom. The molecule has 0 saturated heterocycles. The van der Waals surface area contributed by atoms with Crippen molar-refractivity contribution in [3.63, 3.8) is 0 Å². The van der Waals surface area contributed by atoms with Crippen molar-refractivity contribution >= 4 is 35.1 Å². The molecule has 0 radical (unpaired) electrons. The maximum atomic E-state index is 12.3. The van der Waals surface area contributed by atoms with E-state index in [1.54, 1.807) is 49.4 Å². The van der Waals surface area contributed by atoms with Gasteiger partial charge >= 0.3 is 6.03 Å². The zero-order valence-electron chi connectivity index (χ0n) is 16.0. The molecular weight excluding hydrogens is 380 g/mol. The Morgan fingerprint density at radius 2 is 1.68 bits per heavy atom. The first-order valence-electron chi connectivity index (χ1n) is 8.78. The lowest BCUT2D eigenvalue weighted by atomic mass is 10.1. The highest BCUT2D eigenvalue weighted by molar-refractivity contribution is 6.31. The second kappa shape index (κ2) is 9.75. The molecule has 0 saturated carbocycles. The third kappa shape index (κ3) is 5.99. The number of rotatable bonds is 5. The monoisotopic (exact) mass is 402 g/mol. The number of urea groups is 1. The quantitative estimate of drug-likeness (QED) is 0.670. The highest BCUT2D eigenvalue weighted by Gasteiger charge is 2.17. The minimum absolute atomic E-state index is 0.172. The largest absolute Gasteiger partial charge is 0.336 e. The summed E-state index contributed by atoms with van der Waals surface area (Å²) in [5, 5.41) is 3.24. The number of nitrogens with zero attached hydrogens (tertiary/aromatic N) is 1. The molecule has 0 aliphatic heterocycles. The molecule has 2 aromatic rings. The van der Waals surface area contributed by atoms with Crippen LogP contribution >= 0.6 is 11.6 Å². The van der Waals surface area contributed by atoms with Gasteiger partial charge in [0, 0.05) is 22.8 Å². The van der Waals surface area contributed by atoms with Crippen LogP contribution in [0.5, 0.6) is 0 Å². The molecule has 0 spiro atoms. The number of amides is 4. The van der Waals surface area contributed by atoms with Crippen molar-refractivity contribution in [1.29, 1.82) is 0 Å². The van der Waals surface area contributed by atoms with E-state index in [4.69, 9.17) is 11.6 Å². The molecule has 0 atom stereocenters. The first-order valence-corrected chi connectivity index (χ1v) is 9.16. The van der Waals surface area contributed by atoms with Gasteiger partial charge in [-0.1, -0.05) is 35.4 Å². The molecule has 3 N–H and O–H groups in total. The van der Waals surface area contributed by atoms with E-state index >= 15 is 0 Å². The van der Waals surface area contributed by atoms with Crippen molar-refractivity contribution < 1.29 is 14.4 Å². The highest BCUT2D eigenvalue weighted by atomic mass is 35.5. The lowest BCUT2D eigenvalue weighted by Crippen LogP contribution is -2.50. The Kier molecular flexibility index (Phi) is 7.40. The summed E-state index contributed by atoms with van der Waals surface area (Å²) in [5.41, 5.74) is 7.55. The van der Waals surface area contributed by atoms with Crippen molar-refractivity contribution in [2.75, 3.05) is 18.4 Å². The van der Waals surface area contributed by atoms with E-state index < -0.39 is 11.9 Å². The Hall–Kier alpha value is -3.06. The first-order chi connectivity index (χ1) is 13.3. The summed E-state index contributed by atoms with van der Waals surface area (Å²) in [6, 6.07) is 11.5. The molecule has 148 valence electrons. The van der Waals surface area contributed by atoms with E-state index in [9.17, 15) is 14.4 Å². The average Bonchev–Trinajstić information content (AvgIpc) is 2.67. The first kappa shape index (κ1) is 21.2. The number of nitrogens with one attached hydrogen (secondary N) is 3. The number of anilines is 1. The van der Waals surface area contributed by atoms with Gasteiger partial charge in [0.25, 0.3) is 5.91 Å². The number of benzene rings is 2. The molecule has 0 bridgehead atoms. The molecule has 0 aliphatic rings. The van der Waals surface area contributed by atoms with Gasteiger partial charge in [-0.15, -0.1) is 0 Å². The molecule has 0 fully saturated rings. The fourth-order valence-corrected chi connectivity index (χ4v) is 2.56. The van der Waals surface area contributed by atoms with E-state index in [0.29, 0.717) is 16.3 Å². The maximum absolute atomic E-state index is 12.3. The lowest BCUT2D eigenvalue weighted by Gasteiger charge is -2.21. The zero-order chi connectivity index (χ0) is 20.7. The summed E-state index contributed by atoms with van der Waals surface area (Å²) >= 11 is 5.95. The topological polar surface area (TPSA) is 90.5 Å². The Morgan fingerprint density at radius 1 is 1.00 bits per heavy atom. The number of hydrogen-bond acceptors (Lipinski definition) is 3. The van der Waals surface area contributed by atoms with Crippen molar-refractivity contribution in [2.24, 2.45) is 0 Å². The third-order valence-electron chi connectivity index (χ3n) is 4.07. The van der Waals surface area contributed by atoms with E-state index in [0.717, 1.165) is 11.1 Å². The van der Waals surface area contributed by atoms with Gasteiger partial charge in [-0.3, -0.25) is 15.0 Å². The van der Waals surface area contributed by atoms with Crippen LogP contribution < -0.4 is 16.2 Å². The van der Waals surface area contributed by atoms with Crippen molar-refractivity contribution in [1.82, 2.24) is 15.8 Å². The van der Waals surface area contributed by atoms with Crippen LogP contribution in [-0.2, 0) is 4.79 Å². The highest BCUT2D eigenvalue weighted by Crippen LogP contribution is 2.20. The summed E-state index contributed by atoms with van der Waals surface area (Å²) in [6.07, 6.45) is 0. The lowest BCUT2D eigenvalue weighted by molar-refractivity contribution is -0.116. The average molecular weight is 403 g/mol. The number of hydrazine groups is 1. The fourth-order valence-electron chi connectivity index (χ4n) is 2.39. The second-order valence-electron chi connectivity index (χ2n) is 6.27. The molecular formula is C20H23ClN4O3. The number of likely N-dealkylation sites (N-methyl/N-ethyl adjacent to an activating group) is 1. The van der Waals surface area contributed by atoms with Crippen LogP contribution in [0, 0.1) is 13.8 Å². The van der Waals surface area contributed by atoms with Crippen LogP contribution in [0.2, 0.25) is 5.02 Å². The van der Waals surface area contributed by atoms with Crippen LogP contribution in [-0.4, -0.2) is 35.8 Å². The van der Waals surface area contributed by atoms with Gasteiger partial charge in [0.2, 0.25) is 5.91 Å². The molecule has 4 amide bonds. The van der Waals surface area contributed by atoms with Gasteiger partial charge in [-0.2, -0.15) is 0 Å². The van der Waals surface area contributed by atoms with Gasteiger partial charge in [-0.05, 0) is 50.6 Å². The summed E-state index contributed by atoms with van der Waals surface area (Å²) in [7, 11) is 0. The standard InChI is InChI=1S/C20H23ClN4O3/c1-4-25(12-18(26)22-17-11-16(21)10-7-14(17)3)20(28)24-23-19(27)15-8-5-13(2)6-9-15/h5-11H,4,12H2,1-3H3,(H,22,26)(H,23,27)(H,24,28). The molecule has 7 nitrogen and oxygen atoms in total. The third-order valence-corrected chi connectivity index (χ3v) is 4.31. The maximum Gasteiger partial charge on any atom is 0.336 e. The molecule has 8 heteroatoms. The van der Waals surface area contributed by atoms with E-state index in [1.165, 1.54) is 4.90 Å². The summed E-state index contributed by atoms with van der Waals surface area (Å²) in [4.78, 5) is 37.9. The Balaban J connectivity index is 1.90. The molecule has 0 aliphatic carbocycles. The number of hydrogen-bond donors (Lipinski definition) is 3. The zero-order valence-corrected chi connectivity index (χ0v) is 16.8. The predicted molar refractivity (Wildman–Crippen MR) is 109 cm³/mol. The number of aryl methyl sites for hydroxylation is 2. The molecule has 0 unspecified atom stereocenters. The minimum atomic E-state index is -0.582. The Bertz CT molecular complexity index is 868.